The number of aromatic nitrogens is 3. The van der Waals surface area contributed by atoms with Crippen molar-refractivity contribution in [1.82, 2.24) is 20.0 Å². The van der Waals surface area contributed by atoms with Gasteiger partial charge in [-0.05, 0) is 13.0 Å². The fourth-order valence-electron chi connectivity index (χ4n) is 3.41. The monoisotopic (exact) mass is 356 g/mol. The summed E-state index contributed by atoms with van der Waals surface area (Å²) in [5.74, 6) is 1.40. The second kappa shape index (κ2) is 6.74. The van der Waals surface area contributed by atoms with E-state index in [-0.39, 0.29) is 24.2 Å². The fourth-order valence-corrected chi connectivity index (χ4v) is 3.41. The smallest absolute Gasteiger partial charge is 0.229 e. The van der Waals surface area contributed by atoms with Gasteiger partial charge in [0.15, 0.2) is 5.82 Å². The summed E-state index contributed by atoms with van der Waals surface area (Å²) in [6, 6.07) is 3.49. The summed E-state index contributed by atoms with van der Waals surface area (Å²) in [6.45, 7) is 4.70. The van der Waals surface area contributed by atoms with Crippen molar-refractivity contribution in [1.29, 1.82) is 0 Å². The number of piperazine rings is 1. The Labute approximate surface area is 150 Å². The zero-order valence-corrected chi connectivity index (χ0v) is 14.5. The van der Waals surface area contributed by atoms with E-state index >= 15 is 0 Å². The van der Waals surface area contributed by atoms with Crippen LogP contribution in [0.3, 0.4) is 0 Å². The molecule has 1 unspecified atom stereocenters. The largest absolute Gasteiger partial charge is 0.360 e. The van der Waals surface area contributed by atoms with E-state index in [0.29, 0.717) is 50.3 Å². The second-order valence-corrected chi connectivity index (χ2v) is 6.56. The number of rotatable bonds is 3. The van der Waals surface area contributed by atoms with Crippen molar-refractivity contribution in [3.8, 4) is 0 Å². The molecule has 2 aromatic rings. The third kappa shape index (κ3) is 3.12. The van der Waals surface area contributed by atoms with Crippen LogP contribution in [0.5, 0.6) is 0 Å². The summed E-state index contributed by atoms with van der Waals surface area (Å²) < 4.78 is 5.03. The lowest BCUT2D eigenvalue weighted by Crippen LogP contribution is -2.51. The Kier molecular flexibility index (Phi) is 4.27. The minimum absolute atomic E-state index is 0.0229. The average Bonchev–Trinajstić information content (AvgIpc) is 3.27. The van der Waals surface area contributed by atoms with E-state index in [1.165, 1.54) is 4.90 Å². The Morgan fingerprint density at radius 1 is 1.19 bits per heavy atom. The summed E-state index contributed by atoms with van der Waals surface area (Å²) in [5.41, 5.74) is 0. The van der Waals surface area contributed by atoms with Gasteiger partial charge in [-0.3, -0.25) is 14.5 Å². The van der Waals surface area contributed by atoms with Crippen LogP contribution in [0.2, 0.25) is 0 Å². The van der Waals surface area contributed by atoms with Crippen LogP contribution in [0.15, 0.2) is 29.0 Å². The van der Waals surface area contributed by atoms with Crippen LogP contribution in [-0.4, -0.2) is 64.6 Å². The van der Waals surface area contributed by atoms with Crippen LogP contribution in [0.1, 0.15) is 12.2 Å². The molecular weight excluding hydrogens is 336 g/mol. The Hall–Kier alpha value is -2.97. The van der Waals surface area contributed by atoms with E-state index in [0.717, 1.165) is 0 Å². The van der Waals surface area contributed by atoms with Gasteiger partial charge in [-0.25, -0.2) is 9.97 Å². The Morgan fingerprint density at radius 3 is 2.58 bits per heavy atom. The van der Waals surface area contributed by atoms with Crippen molar-refractivity contribution in [2.24, 2.45) is 5.92 Å². The van der Waals surface area contributed by atoms with Crippen LogP contribution >= 0.6 is 0 Å². The Morgan fingerprint density at radius 2 is 1.92 bits per heavy atom. The van der Waals surface area contributed by atoms with Gasteiger partial charge in [0.25, 0.3) is 0 Å². The summed E-state index contributed by atoms with van der Waals surface area (Å²) in [4.78, 5) is 39.0. The zero-order valence-electron chi connectivity index (χ0n) is 14.5. The first-order valence-electron chi connectivity index (χ1n) is 8.66. The topological polar surface area (TPSA) is 95.7 Å². The predicted octanol–water partition coefficient (Wildman–Crippen LogP) is 0.475. The summed E-state index contributed by atoms with van der Waals surface area (Å²) in [5, 5.41) is 3.88. The predicted molar refractivity (Wildman–Crippen MR) is 92.5 cm³/mol. The normalized spacial score (nSPS) is 20.7. The molecule has 0 N–H and O–H groups in total. The first kappa shape index (κ1) is 16.5. The standard InChI is InChI=1S/C17H20N6O3/c1-12-9-14(20-26-12)23-11-13(10-15(23)24)16(25)21-5-7-22(8-6-21)17-18-3-2-4-19-17/h2-4,9,13H,5-8,10-11H2,1H3. The first-order chi connectivity index (χ1) is 12.6. The van der Waals surface area contributed by atoms with Gasteiger partial charge in [0.2, 0.25) is 17.8 Å². The minimum Gasteiger partial charge on any atom is -0.360 e. The maximum absolute atomic E-state index is 12.8. The second-order valence-electron chi connectivity index (χ2n) is 6.56. The molecule has 9 heteroatoms. The minimum atomic E-state index is -0.334. The van der Waals surface area contributed by atoms with Gasteiger partial charge in [0, 0.05) is 57.6 Å². The van der Waals surface area contributed by atoms with E-state index in [1.807, 2.05) is 4.90 Å². The number of carbonyl (C=O) groups is 2. The highest BCUT2D eigenvalue weighted by atomic mass is 16.5. The van der Waals surface area contributed by atoms with Crippen molar-refractivity contribution < 1.29 is 14.1 Å². The number of carbonyl (C=O) groups excluding carboxylic acids is 2. The SMILES string of the molecule is Cc1cc(N2CC(C(=O)N3CCN(c4ncccn4)CC3)CC2=O)no1. The van der Waals surface area contributed by atoms with Crippen molar-refractivity contribution in [3.05, 3.63) is 30.3 Å². The number of hydrogen-bond acceptors (Lipinski definition) is 7. The molecule has 4 heterocycles. The van der Waals surface area contributed by atoms with Gasteiger partial charge in [-0.1, -0.05) is 5.16 Å². The third-order valence-electron chi connectivity index (χ3n) is 4.79. The lowest BCUT2D eigenvalue weighted by Gasteiger charge is -2.35. The highest BCUT2D eigenvalue weighted by Crippen LogP contribution is 2.26. The number of aryl methyl sites for hydroxylation is 1. The number of amides is 2. The molecule has 2 saturated heterocycles. The fraction of sp³-hybridized carbons (Fsp3) is 0.471. The molecule has 4 rings (SSSR count). The van der Waals surface area contributed by atoms with Gasteiger partial charge >= 0.3 is 0 Å². The van der Waals surface area contributed by atoms with E-state index in [4.69, 9.17) is 4.52 Å². The molecule has 0 aliphatic carbocycles. The molecule has 2 aliphatic rings. The van der Waals surface area contributed by atoms with Crippen molar-refractivity contribution in [3.63, 3.8) is 0 Å². The number of hydrogen-bond donors (Lipinski definition) is 0. The zero-order chi connectivity index (χ0) is 18.1. The molecule has 136 valence electrons. The maximum Gasteiger partial charge on any atom is 0.229 e. The summed E-state index contributed by atoms with van der Waals surface area (Å²) >= 11 is 0. The van der Waals surface area contributed by atoms with Crippen LogP contribution in [0.4, 0.5) is 11.8 Å². The Balaban J connectivity index is 1.36. The molecule has 9 nitrogen and oxygen atoms in total. The van der Waals surface area contributed by atoms with Gasteiger partial charge in [0.1, 0.15) is 5.76 Å². The van der Waals surface area contributed by atoms with Crippen molar-refractivity contribution in [2.75, 3.05) is 42.5 Å². The molecule has 0 radical (unpaired) electrons. The lowest BCUT2D eigenvalue weighted by molar-refractivity contribution is -0.136. The van der Waals surface area contributed by atoms with Crippen LogP contribution in [-0.2, 0) is 9.59 Å². The van der Waals surface area contributed by atoms with E-state index in [9.17, 15) is 9.59 Å². The Bertz CT molecular complexity index is 800. The van der Waals surface area contributed by atoms with E-state index in [2.05, 4.69) is 20.0 Å². The lowest BCUT2D eigenvalue weighted by atomic mass is 10.1. The first-order valence-corrected chi connectivity index (χ1v) is 8.66. The molecule has 0 saturated carbocycles. The highest BCUT2D eigenvalue weighted by Gasteiger charge is 2.39. The third-order valence-corrected chi connectivity index (χ3v) is 4.79. The summed E-state index contributed by atoms with van der Waals surface area (Å²) in [7, 11) is 0. The molecule has 2 amide bonds. The number of anilines is 2. The van der Waals surface area contributed by atoms with Crippen LogP contribution in [0, 0.1) is 12.8 Å². The van der Waals surface area contributed by atoms with Crippen molar-refractivity contribution in [2.45, 2.75) is 13.3 Å². The molecule has 1 atom stereocenters. The quantitative estimate of drug-likeness (QED) is 0.789. The molecule has 0 aromatic carbocycles. The highest BCUT2D eigenvalue weighted by molar-refractivity contribution is 5.99. The van der Waals surface area contributed by atoms with Crippen molar-refractivity contribution >= 4 is 23.6 Å². The van der Waals surface area contributed by atoms with Gasteiger partial charge in [-0.15, -0.1) is 0 Å². The molecular formula is C17H20N6O3. The van der Waals surface area contributed by atoms with Crippen LogP contribution in [0.25, 0.3) is 0 Å². The molecule has 26 heavy (non-hydrogen) atoms. The average molecular weight is 356 g/mol. The summed E-state index contributed by atoms with van der Waals surface area (Å²) in [6.07, 6.45) is 3.64. The van der Waals surface area contributed by atoms with Crippen LogP contribution < -0.4 is 9.80 Å². The molecule has 2 aromatic heterocycles. The van der Waals surface area contributed by atoms with E-state index in [1.54, 1.807) is 31.5 Å². The van der Waals surface area contributed by atoms with E-state index < -0.39 is 0 Å². The molecule has 2 aliphatic heterocycles. The molecule has 0 bridgehead atoms. The molecule has 0 spiro atoms. The van der Waals surface area contributed by atoms with Gasteiger partial charge in [-0.2, -0.15) is 0 Å². The number of nitrogens with zero attached hydrogens (tertiary/aromatic N) is 6. The maximum atomic E-state index is 12.8. The molecule has 2 fully saturated rings. The van der Waals surface area contributed by atoms with Gasteiger partial charge in [0.05, 0.1) is 5.92 Å². The van der Waals surface area contributed by atoms with Gasteiger partial charge < -0.3 is 14.3 Å².